The number of benzene rings is 1. The van der Waals surface area contributed by atoms with Crippen LogP contribution in [-0.2, 0) is 9.53 Å². The Kier molecular flexibility index (Phi) is 9.38. The number of carbonyl (C=O) groups is 1. The van der Waals surface area contributed by atoms with Gasteiger partial charge in [-0.1, -0.05) is 56.5 Å². The van der Waals surface area contributed by atoms with Crippen molar-refractivity contribution < 1.29 is 29.3 Å². The summed E-state index contributed by atoms with van der Waals surface area (Å²) >= 11 is 0. The lowest BCUT2D eigenvalue weighted by Gasteiger charge is -2.14. The summed E-state index contributed by atoms with van der Waals surface area (Å²) in [6.07, 6.45) is 4.90. The molecule has 0 unspecified atom stereocenters. The molecule has 0 aliphatic rings. The zero-order chi connectivity index (χ0) is 21.2. The third kappa shape index (κ3) is 6.70. The second kappa shape index (κ2) is 11.8. The van der Waals surface area contributed by atoms with Crippen LogP contribution in [0.4, 0.5) is 0 Å². The van der Waals surface area contributed by atoms with Crippen molar-refractivity contribution in [1.29, 1.82) is 0 Å². The zero-order valence-corrected chi connectivity index (χ0v) is 17.2. The van der Waals surface area contributed by atoms with Crippen LogP contribution >= 0.6 is 0 Å². The molecule has 6 heteroatoms. The van der Waals surface area contributed by atoms with Gasteiger partial charge in [0.2, 0.25) is 0 Å². The summed E-state index contributed by atoms with van der Waals surface area (Å²) in [4.78, 5) is 11.1. The Hall–Kier alpha value is -2.15. The van der Waals surface area contributed by atoms with Crippen molar-refractivity contribution in [3.63, 3.8) is 0 Å². The van der Waals surface area contributed by atoms with Gasteiger partial charge in [0.15, 0.2) is 0 Å². The van der Waals surface area contributed by atoms with E-state index in [-0.39, 0.29) is 18.8 Å². The summed E-state index contributed by atoms with van der Waals surface area (Å²) < 4.78 is 10.5. The average Bonchev–Trinajstić information content (AvgIpc) is 3.10. The summed E-state index contributed by atoms with van der Waals surface area (Å²) in [5.41, 5.74) is 1.38. The monoisotopic (exact) mass is 404 g/mol. The quantitative estimate of drug-likeness (QED) is 0.363. The first-order valence-corrected chi connectivity index (χ1v) is 10.3. The Balaban J connectivity index is 2.12. The largest absolute Gasteiger partial charge is 0.469 e. The molecule has 0 bridgehead atoms. The fourth-order valence-corrected chi connectivity index (χ4v) is 3.27. The molecule has 6 nitrogen and oxygen atoms in total. The molecule has 1 heterocycles. The number of fused-ring (bicyclic) bond motifs is 1. The number of unbranched alkanes of at least 4 members (excludes halogenated alkanes) is 2. The number of hydrogen-bond acceptors (Lipinski definition) is 6. The third-order valence-electron chi connectivity index (χ3n) is 5.01. The van der Waals surface area contributed by atoms with Gasteiger partial charge in [0.05, 0.1) is 19.3 Å². The molecule has 3 atom stereocenters. The smallest absolute Gasteiger partial charge is 0.305 e. The molecule has 1 aromatic carbocycles. The highest BCUT2D eigenvalue weighted by Crippen LogP contribution is 2.33. The molecule has 1 aromatic heterocycles. The zero-order valence-electron chi connectivity index (χ0n) is 17.2. The van der Waals surface area contributed by atoms with E-state index in [1.165, 1.54) is 13.2 Å². The van der Waals surface area contributed by atoms with Gasteiger partial charge in [-0.25, -0.2) is 0 Å². The predicted octanol–water partition coefficient (Wildman–Crippen LogP) is 4.12. The maximum atomic E-state index is 11.1. The maximum Gasteiger partial charge on any atom is 0.305 e. The number of ether oxygens (including phenoxy) is 1. The molecule has 0 aliphatic heterocycles. The molecule has 0 amide bonds. The number of aliphatic hydroxyl groups is 3. The summed E-state index contributed by atoms with van der Waals surface area (Å²) in [5, 5.41) is 31.9. The Bertz CT molecular complexity index is 794. The number of methoxy groups -OCH3 is 1. The van der Waals surface area contributed by atoms with Crippen molar-refractivity contribution in [2.24, 2.45) is 0 Å². The first-order chi connectivity index (χ1) is 14.0. The summed E-state index contributed by atoms with van der Waals surface area (Å²) in [6.45, 7) is 2.11. The number of aliphatic hydroxyl groups excluding tert-OH is 3. The highest BCUT2D eigenvalue weighted by atomic mass is 16.5. The van der Waals surface area contributed by atoms with E-state index in [1.54, 1.807) is 6.08 Å². The highest BCUT2D eigenvalue weighted by Gasteiger charge is 2.20. The molecule has 3 N–H and O–H groups in total. The van der Waals surface area contributed by atoms with Crippen molar-refractivity contribution in [2.45, 2.75) is 70.2 Å². The van der Waals surface area contributed by atoms with Crippen LogP contribution in [0.3, 0.4) is 0 Å². The van der Waals surface area contributed by atoms with Crippen molar-refractivity contribution in [1.82, 2.24) is 0 Å². The van der Waals surface area contributed by atoms with Crippen LogP contribution in [0.1, 0.15) is 69.3 Å². The fourth-order valence-electron chi connectivity index (χ4n) is 3.27. The lowest BCUT2D eigenvalue weighted by Crippen LogP contribution is -2.23. The summed E-state index contributed by atoms with van der Waals surface area (Å²) in [6, 6.07) is 7.50. The first kappa shape index (κ1) is 23.1. The molecule has 0 saturated carbocycles. The third-order valence-corrected chi connectivity index (χ3v) is 5.01. The normalized spacial score (nSPS) is 14.9. The summed E-state index contributed by atoms with van der Waals surface area (Å²) in [7, 11) is 1.32. The maximum absolute atomic E-state index is 11.1. The van der Waals surface area contributed by atoms with Gasteiger partial charge in [0, 0.05) is 17.4 Å². The number of esters is 1. The molecule has 0 aliphatic carbocycles. The van der Waals surface area contributed by atoms with Crippen LogP contribution in [0.25, 0.3) is 17.0 Å². The number of hydrogen-bond donors (Lipinski definition) is 3. The van der Waals surface area contributed by atoms with Crippen molar-refractivity contribution >= 4 is 23.0 Å². The molecule has 0 fully saturated rings. The number of furan rings is 1. The molecule has 160 valence electrons. The van der Waals surface area contributed by atoms with Gasteiger partial charge in [-0.15, -0.1) is 0 Å². The van der Waals surface area contributed by atoms with Gasteiger partial charge in [0.1, 0.15) is 17.4 Å². The Morgan fingerprint density at radius 3 is 2.62 bits per heavy atom. The van der Waals surface area contributed by atoms with Crippen LogP contribution in [0.15, 0.2) is 34.8 Å². The second-order valence-electron chi connectivity index (χ2n) is 7.27. The average molecular weight is 405 g/mol. The molecular formula is C23H32O6. The molecule has 0 spiro atoms. The minimum atomic E-state index is -1.09. The molecule has 2 aromatic rings. The van der Waals surface area contributed by atoms with Gasteiger partial charge < -0.3 is 24.5 Å². The van der Waals surface area contributed by atoms with Crippen LogP contribution in [-0.4, -0.2) is 40.6 Å². The van der Waals surface area contributed by atoms with E-state index in [0.717, 1.165) is 24.6 Å². The van der Waals surface area contributed by atoms with E-state index >= 15 is 0 Å². The molecule has 2 rings (SSSR count). The van der Waals surface area contributed by atoms with Crippen molar-refractivity contribution in [3.8, 4) is 0 Å². The standard InChI is InChI=1S/C23H32O6/c1-3-4-5-10-20(26)23-17(16-9-6-7-12-21(16)29-23)14-15-19(25)18(24)11-8-13-22(27)28-2/h6-7,9,12,14-15,18-20,24-26H,3-5,8,10-11,13H2,1-2H3/b15-14+/t18-,19+,20+/m0/s1. The van der Waals surface area contributed by atoms with Gasteiger partial charge >= 0.3 is 5.97 Å². The Labute approximate surface area is 171 Å². The molecular weight excluding hydrogens is 372 g/mol. The van der Waals surface area contributed by atoms with Gasteiger partial charge in [-0.2, -0.15) is 0 Å². The van der Waals surface area contributed by atoms with Crippen LogP contribution < -0.4 is 0 Å². The van der Waals surface area contributed by atoms with E-state index in [2.05, 4.69) is 11.7 Å². The second-order valence-corrected chi connectivity index (χ2v) is 7.27. The van der Waals surface area contributed by atoms with E-state index in [9.17, 15) is 20.1 Å². The van der Waals surface area contributed by atoms with Crippen LogP contribution in [0.2, 0.25) is 0 Å². The Morgan fingerprint density at radius 2 is 1.90 bits per heavy atom. The topological polar surface area (TPSA) is 100 Å². The number of carbonyl (C=O) groups excluding carboxylic acids is 1. The molecule has 0 radical (unpaired) electrons. The van der Waals surface area contributed by atoms with E-state index in [4.69, 9.17) is 4.42 Å². The van der Waals surface area contributed by atoms with Crippen LogP contribution in [0.5, 0.6) is 0 Å². The first-order valence-electron chi connectivity index (χ1n) is 10.3. The Morgan fingerprint density at radius 1 is 1.14 bits per heavy atom. The van der Waals surface area contributed by atoms with Crippen molar-refractivity contribution in [3.05, 3.63) is 41.7 Å². The fraction of sp³-hybridized carbons (Fsp3) is 0.522. The van der Waals surface area contributed by atoms with Gasteiger partial charge in [-0.3, -0.25) is 4.79 Å². The highest BCUT2D eigenvalue weighted by molar-refractivity contribution is 5.88. The SMILES string of the molecule is CCCCC[C@@H](O)c1oc2ccccc2c1/C=C/[C@@H](O)[C@@H](O)CCCC(=O)OC. The van der Waals surface area contributed by atoms with Gasteiger partial charge in [0.25, 0.3) is 0 Å². The number of para-hydroxylation sites is 1. The summed E-state index contributed by atoms with van der Waals surface area (Å²) in [5.74, 6) is 0.139. The van der Waals surface area contributed by atoms with E-state index < -0.39 is 18.3 Å². The lowest BCUT2D eigenvalue weighted by atomic mass is 10.0. The molecule has 29 heavy (non-hydrogen) atoms. The van der Waals surface area contributed by atoms with Crippen LogP contribution in [0, 0.1) is 0 Å². The van der Waals surface area contributed by atoms with Gasteiger partial charge in [-0.05, 0) is 25.3 Å². The number of rotatable bonds is 12. The van der Waals surface area contributed by atoms with E-state index in [0.29, 0.717) is 29.7 Å². The minimum Gasteiger partial charge on any atom is -0.469 e. The minimum absolute atomic E-state index is 0.199. The lowest BCUT2D eigenvalue weighted by molar-refractivity contribution is -0.140. The van der Waals surface area contributed by atoms with E-state index in [1.807, 2.05) is 24.3 Å². The van der Waals surface area contributed by atoms with Crippen molar-refractivity contribution in [2.75, 3.05) is 7.11 Å². The predicted molar refractivity (Wildman–Crippen MR) is 112 cm³/mol. The molecule has 0 saturated heterocycles.